The fourth-order valence-electron chi connectivity index (χ4n) is 2.01. The van der Waals surface area contributed by atoms with Gasteiger partial charge in [-0.05, 0) is 47.4 Å². The summed E-state index contributed by atoms with van der Waals surface area (Å²) in [6.07, 6.45) is 0. The molecule has 0 spiro atoms. The summed E-state index contributed by atoms with van der Waals surface area (Å²) in [5, 5.41) is 0.706. The maximum absolute atomic E-state index is 5.88. The normalized spacial score (nSPS) is 13.0. The monoisotopic (exact) mass is 317 g/mol. The maximum Gasteiger partial charge on any atom is 0.279 e. The zero-order valence-electron chi connectivity index (χ0n) is 12.2. The lowest BCUT2D eigenvalue weighted by molar-refractivity contribution is 0.568. The largest absolute Gasteiger partial charge is 0.429 e. The molecule has 0 unspecified atom stereocenters. The van der Waals surface area contributed by atoms with Gasteiger partial charge in [0.15, 0.2) is 0 Å². The van der Waals surface area contributed by atoms with Gasteiger partial charge in [-0.1, -0.05) is 49.8 Å². The summed E-state index contributed by atoms with van der Waals surface area (Å²) in [6.45, 7) is 6.62. The molecule has 1 aromatic heterocycles. The van der Waals surface area contributed by atoms with Crippen LogP contribution < -0.4 is 4.87 Å². The molecular formula is C17H16ClNOS. The van der Waals surface area contributed by atoms with Crippen LogP contribution in [0.25, 0.3) is 10.3 Å². The van der Waals surface area contributed by atoms with E-state index in [4.69, 9.17) is 16.0 Å². The highest BCUT2D eigenvalue weighted by Crippen LogP contribution is 2.27. The lowest BCUT2D eigenvalue weighted by Gasteiger charge is -2.18. The molecule has 2 aromatic carbocycles. The predicted octanol–water partition coefficient (Wildman–Crippen LogP) is 5.68. The molecule has 0 aliphatic carbocycles. The van der Waals surface area contributed by atoms with Crippen LogP contribution in [0.1, 0.15) is 26.3 Å². The second kappa shape index (κ2) is 5.32. The Hall–Kier alpha value is -1.58. The van der Waals surface area contributed by atoms with E-state index in [0.29, 0.717) is 9.89 Å². The number of nitrogens with zero attached hydrogens (tertiary/aromatic N) is 1. The van der Waals surface area contributed by atoms with E-state index in [9.17, 15) is 0 Å². The number of rotatable bonds is 1. The van der Waals surface area contributed by atoms with Crippen LogP contribution in [0.4, 0.5) is 5.69 Å². The van der Waals surface area contributed by atoms with Crippen molar-refractivity contribution in [1.82, 2.24) is 0 Å². The Morgan fingerprint density at radius 1 is 1.05 bits per heavy atom. The SMILES string of the molecule is CC(C)(C)c1ccc2oc(=Nc3ccc(Cl)cc3)sc2c1. The Morgan fingerprint density at radius 3 is 2.43 bits per heavy atom. The summed E-state index contributed by atoms with van der Waals surface area (Å²) >= 11 is 7.44. The van der Waals surface area contributed by atoms with Crippen molar-refractivity contribution >= 4 is 38.9 Å². The minimum Gasteiger partial charge on any atom is -0.429 e. The molecule has 0 fully saturated rings. The van der Waals surface area contributed by atoms with E-state index >= 15 is 0 Å². The maximum atomic E-state index is 5.88. The van der Waals surface area contributed by atoms with Gasteiger partial charge >= 0.3 is 0 Å². The van der Waals surface area contributed by atoms with Crippen LogP contribution in [0.3, 0.4) is 0 Å². The molecule has 21 heavy (non-hydrogen) atoms. The van der Waals surface area contributed by atoms with Crippen LogP contribution >= 0.6 is 22.9 Å². The van der Waals surface area contributed by atoms with Crippen molar-refractivity contribution in [2.24, 2.45) is 4.99 Å². The molecule has 0 amide bonds. The lowest BCUT2D eigenvalue weighted by Crippen LogP contribution is -2.10. The highest BCUT2D eigenvalue weighted by atomic mass is 35.5. The predicted molar refractivity (Wildman–Crippen MR) is 89.5 cm³/mol. The molecule has 3 rings (SSSR count). The molecular weight excluding hydrogens is 302 g/mol. The molecule has 0 saturated carbocycles. The summed E-state index contributed by atoms with van der Waals surface area (Å²) in [5.41, 5.74) is 3.14. The molecule has 108 valence electrons. The zero-order chi connectivity index (χ0) is 15.0. The van der Waals surface area contributed by atoms with Gasteiger partial charge in [0.2, 0.25) is 0 Å². The molecule has 0 bridgehead atoms. The Labute approximate surface area is 132 Å². The average Bonchev–Trinajstić information content (AvgIpc) is 2.81. The van der Waals surface area contributed by atoms with Crippen LogP contribution in [0.5, 0.6) is 0 Å². The van der Waals surface area contributed by atoms with Gasteiger partial charge in [0, 0.05) is 5.02 Å². The Bertz CT molecular complexity index is 838. The highest BCUT2D eigenvalue weighted by molar-refractivity contribution is 7.16. The summed E-state index contributed by atoms with van der Waals surface area (Å²) < 4.78 is 6.91. The summed E-state index contributed by atoms with van der Waals surface area (Å²) in [6, 6.07) is 13.7. The number of fused-ring (bicyclic) bond motifs is 1. The molecule has 0 aliphatic rings. The van der Waals surface area contributed by atoms with Gasteiger partial charge in [0.05, 0.1) is 10.4 Å². The van der Waals surface area contributed by atoms with E-state index in [0.717, 1.165) is 16.0 Å². The third kappa shape index (κ3) is 3.20. The number of hydrogen-bond donors (Lipinski definition) is 0. The third-order valence-corrected chi connectivity index (χ3v) is 4.39. The van der Waals surface area contributed by atoms with Crippen LogP contribution in [0.15, 0.2) is 51.9 Å². The first-order valence-electron chi connectivity index (χ1n) is 6.76. The smallest absolute Gasteiger partial charge is 0.279 e. The average molecular weight is 318 g/mol. The molecule has 0 saturated heterocycles. The quantitative estimate of drug-likeness (QED) is 0.567. The number of hydrogen-bond acceptors (Lipinski definition) is 3. The van der Waals surface area contributed by atoms with E-state index in [1.807, 2.05) is 30.3 Å². The number of benzene rings is 2. The van der Waals surface area contributed by atoms with Crippen LogP contribution in [-0.4, -0.2) is 0 Å². The molecule has 0 atom stereocenters. The standard InChI is InChI=1S/C17H16ClNOS/c1-17(2,3)11-4-9-14-15(10-11)21-16(20-14)19-13-7-5-12(18)6-8-13/h4-10H,1-3H3. The molecule has 0 N–H and O–H groups in total. The van der Waals surface area contributed by atoms with Crippen molar-refractivity contribution in [2.45, 2.75) is 26.2 Å². The van der Waals surface area contributed by atoms with Crippen LogP contribution in [0.2, 0.25) is 5.02 Å². The van der Waals surface area contributed by atoms with Crippen molar-refractivity contribution in [1.29, 1.82) is 0 Å². The van der Waals surface area contributed by atoms with E-state index in [2.05, 4.69) is 37.9 Å². The molecule has 3 aromatic rings. The first-order valence-corrected chi connectivity index (χ1v) is 7.96. The highest BCUT2D eigenvalue weighted by Gasteiger charge is 2.14. The van der Waals surface area contributed by atoms with Crippen molar-refractivity contribution in [3.63, 3.8) is 0 Å². The third-order valence-electron chi connectivity index (χ3n) is 3.25. The molecule has 1 heterocycles. The van der Waals surface area contributed by atoms with Crippen molar-refractivity contribution in [3.8, 4) is 0 Å². The second-order valence-corrected chi connectivity index (χ2v) is 7.40. The zero-order valence-corrected chi connectivity index (χ0v) is 13.8. The fourth-order valence-corrected chi connectivity index (χ4v) is 3.01. The van der Waals surface area contributed by atoms with Crippen molar-refractivity contribution in [2.75, 3.05) is 0 Å². The van der Waals surface area contributed by atoms with E-state index in [1.54, 1.807) is 11.3 Å². The minimum atomic E-state index is 0.131. The van der Waals surface area contributed by atoms with Crippen molar-refractivity contribution < 1.29 is 4.42 Å². The van der Waals surface area contributed by atoms with Gasteiger partial charge in [-0.2, -0.15) is 0 Å². The van der Waals surface area contributed by atoms with Gasteiger partial charge in [-0.15, -0.1) is 0 Å². The first-order chi connectivity index (χ1) is 9.91. The topological polar surface area (TPSA) is 25.5 Å². The van der Waals surface area contributed by atoms with E-state index < -0.39 is 0 Å². The molecule has 0 radical (unpaired) electrons. The lowest BCUT2D eigenvalue weighted by atomic mass is 9.87. The summed E-state index contributed by atoms with van der Waals surface area (Å²) in [7, 11) is 0. The molecule has 2 nitrogen and oxygen atoms in total. The first kappa shape index (κ1) is 14.4. The van der Waals surface area contributed by atoms with Crippen molar-refractivity contribution in [3.05, 3.63) is 57.9 Å². The summed E-state index contributed by atoms with van der Waals surface area (Å²) in [5.74, 6) is 0. The second-order valence-electron chi connectivity index (χ2n) is 5.97. The summed E-state index contributed by atoms with van der Waals surface area (Å²) in [4.78, 5) is 5.16. The van der Waals surface area contributed by atoms with Gasteiger partial charge in [0.25, 0.3) is 4.87 Å². The van der Waals surface area contributed by atoms with Crippen LogP contribution in [-0.2, 0) is 5.41 Å². The van der Waals surface area contributed by atoms with Gasteiger partial charge < -0.3 is 4.42 Å². The van der Waals surface area contributed by atoms with E-state index in [1.165, 1.54) is 5.56 Å². The Kier molecular flexibility index (Phi) is 3.64. The van der Waals surface area contributed by atoms with E-state index in [-0.39, 0.29) is 5.41 Å². The van der Waals surface area contributed by atoms with Crippen LogP contribution in [0, 0.1) is 0 Å². The number of halogens is 1. The van der Waals surface area contributed by atoms with Gasteiger partial charge in [-0.3, -0.25) is 0 Å². The molecule has 4 heteroatoms. The van der Waals surface area contributed by atoms with Gasteiger partial charge in [-0.25, -0.2) is 4.99 Å². The fraction of sp³-hybridized carbons (Fsp3) is 0.235. The van der Waals surface area contributed by atoms with Gasteiger partial charge in [0.1, 0.15) is 5.58 Å². The molecule has 0 aliphatic heterocycles. The Morgan fingerprint density at radius 2 is 1.76 bits per heavy atom. The minimum absolute atomic E-state index is 0.131. The Balaban J connectivity index is 2.07.